The third kappa shape index (κ3) is 4.33. The van der Waals surface area contributed by atoms with E-state index in [1.807, 2.05) is 6.20 Å². The van der Waals surface area contributed by atoms with Gasteiger partial charge in [-0.15, -0.1) is 0 Å². The Labute approximate surface area is 155 Å². The number of hydrogen-bond donors (Lipinski definition) is 1. The van der Waals surface area contributed by atoms with Gasteiger partial charge in [0.1, 0.15) is 0 Å². The van der Waals surface area contributed by atoms with E-state index in [-0.39, 0.29) is 5.91 Å². The zero-order chi connectivity index (χ0) is 17.9. The topological polar surface area (TPSA) is 50.2 Å². The number of fused-ring (bicyclic) bond motifs is 1. The van der Waals surface area contributed by atoms with E-state index < -0.39 is 0 Å². The Hall–Kier alpha value is -2.14. The highest BCUT2D eigenvalue weighted by Crippen LogP contribution is 2.32. The summed E-state index contributed by atoms with van der Waals surface area (Å²) in [6, 6.07) is 11.2. The molecule has 1 atom stereocenters. The maximum atomic E-state index is 11.9. The molecule has 5 nitrogen and oxygen atoms in total. The molecule has 0 radical (unpaired) electrons. The first-order valence-corrected chi connectivity index (χ1v) is 9.74. The van der Waals surface area contributed by atoms with Crippen LogP contribution in [0.25, 0.3) is 0 Å². The molecule has 4 rings (SSSR count). The van der Waals surface area contributed by atoms with Crippen molar-refractivity contribution >= 4 is 5.91 Å². The maximum Gasteiger partial charge on any atom is 0.220 e. The Balaban J connectivity index is 1.34. The van der Waals surface area contributed by atoms with Crippen LogP contribution in [0.5, 0.6) is 0 Å². The molecule has 0 saturated heterocycles. The van der Waals surface area contributed by atoms with E-state index in [4.69, 9.17) is 0 Å². The standard InChI is InChI=1S/C21H28N4O/c1-16-2-4-18(5-3-16)13-24-14-19(25-20(15-24)9-11-23-25)8-10-22-21(26)12-17-6-7-17/h2-5,9,11,17,19H,6-8,10,12-15H2,1H3,(H,22,26)/t19-/m0/s1. The van der Waals surface area contributed by atoms with E-state index >= 15 is 0 Å². The van der Waals surface area contributed by atoms with Crippen molar-refractivity contribution in [2.24, 2.45) is 5.92 Å². The van der Waals surface area contributed by atoms with Gasteiger partial charge in [-0.1, -0.05) is 29.8 Å². The lowest BCUT2D eigenvalue weighted by Gasteiger charge is -2.34. The van der Waals surface area contributed by atoms with Crippen LogP contribution in [-0.2, 0) is 17.9 Å². The number of amides is 1. The van der Waals surface area contributed by atoms with Crippen LogP contribution in [0, 0.1) is 12.8 Å². The summed E-state index contributed by atoms with van der Waals surface area (Å²) in [4.78, 5) is 14.4. The van der Waals surface area contributed by atoms with Gasteiger partial charge in [-0.25, -0.2) is 0 Å². The van der Waals surface area contributed by atoms with Gasteiger partial charge >= 0.3 is 0 Å². The van der Waals surface area contributed by atoms with Gasteiger partial charge in [0, 0.05) is 38.8 Å². The van der Waals surface area contributed by atoms with E-state index in [0.717, 1.165) is 32.6 Å². The Bertz CT molecular complexity index is 748. The largest absolute Gasteiger partial charge is 0.356 e. The van der Waals surface area contributed by atoms with Crippen LogP contribution in [0.4, 0.5) is 0 Å². The number of hydrogen-bond acceptors (Lipinski definition) is 3. The minimum Gasteiger partial charge on any atom is -0.356 e. The smallest absolute Gasteiger partial charge is 0.220 e. The zero-order valence-electron chi connectivity index (χ0n) is 15.5. The first-order chi connectivity index (χ1) is 12.7. The predicted octanol–water partition coefficient (Wildman–Crippen LogP) is 3.05. The molecule has 1 saturated carbocycles. The van der Waals surface area contributed by atoms with Gasteiger partial charge in [0.15, 0.2) is 0 Å². The van der Waals surface area contributed by atoms with Crippen LogP contribution < -0.4 is 5.32 Å². The SMILES string of the molecule is Cc1ccc(CN2Cc3ccnn3[C@@H](CCNC(=O)CC3CC3)C2)cc1. The van der Waals surface area contributed by atoms with Crippen LogP contribution in [0.15, 0.2) is 36.5 Å². The van der Waals surface area contributed by atoms with Gasteiger partial charge in [-0.05, 0) is 43.7 Å². The number of aromatic nitrogens is 2. The minimum atomic E-state index is 0.209. The molecule has 1 amide bonds. The third-order valence-electron chi connectivity index (χ3n) is 5.45. The van der Waals surface area contributed by atoms with E-state index in [2.05, 4.69) is 57.3 Å². The highest BCUT2D eigenvalue weighted by Gasteiger charge is 2.26. The summed E-state index contributed by atoms with van der Waals surface area (Å²) in [7, 11) is 0. The average molecular weight is 352 g/mol. The number of aryl methyl sites for hydroxylation is 1. The number of carbonyl (C=O) groups excluding carboxylic acids is 1. The van der Waals surface area contributed by atoms with Crippen molar-refractivity contribution in [1.82, 2.24) is 20.0 Å². The van der Waals surface area contributed by atoms with Crippen LogP contribution >= 0.6 is 0 Å². The lowest BCUT2D eigenvalue weighted by Crippen LogP contribution is -2.39. The fourth-order valence-corrected chi connectivity index (χ4v) is 3.78. The van der Waals surface area contributed by atoms with Crippen molar-refractivity contribution in [2.75, 3.05) is 13.1 Å². The molecular formula is C21H28N4O. The fraction of sp³-hybridized carbons (Fsp3) is 0.524. The first kappa shape index (κ1) is 17.3. The third-order valence-corrected chi connectivity index (χ3v) is 5.45. The zero-order valence-corrected chi connectivity index (χ0v) is 15.5. The summed E-state index contributed by atoms with van der Waals surface area (Å²) in [5.74, 6) is 0.855. The molecule has 138 valence electrons. The summed E-state index contributed by atoms with van der Waals surface area (Å²) in [5.41, 5.74) is 3.91. The molecule has 0 unspecified atom stereocenters. The van der Waals surface area contributed by atoms with Crippen molar-refractivity contribution in [3.05, 3.63) is 53.3 Å². The molecule has 2 aliphatic rings. The Morgan fingerprint density at radius 3 is 2.81 bits per heavy atom. The lowest BCUT2D eigenvalue weighted by atomic mass is 10.1. The molecule has 5 heteroatoms. The normalized spacial score (nSPS) is 20.0. The van der Waals surface area contributed by atoms with Crippen LogP contribution in [0.1, 0.15) is 48.5 Å². The number of carbonyl (C=O) groups is 1. The van der Waals surface area contributed by atoms with Gasteiger partial charge in [0.2, 0.25) is 5.91 Å². The summed E-state index contributed by atoms with van der Waals surface area (Å²) < 4.78 is 2.15. The molecule has 1 aromatic carbocycles. The van der Waals surface area contributed by atoms with Crippen LogP contribution in [0.3, 0.4) is 0 Å². The number of nitrogens with zero attached hydrogens (tertiary/aromatic N) is 3. The molecule has 1 aliphatic carbocycles. The Morgan fingerprint density at radius 2 is 2.04 bits per heavy atom. The highest BCUT2D eigenvalue weighted by molar-refractivity contribution is 5.76. The summed E-state index contributed by atoms with van der Waals surface area (Å²) in [6.45, 7) is 5.71. The molecule has 2 heterocycles. The number of rotatable bonds is 7. The Kier molecular flexibility index (Phi) is 5.07. The molecule has 0 spiro atoms. The maximum absolute atomic E-state index is 11.9. The van der Waals surface area contributed by atoms with Crippen molar-refractivity contribution in [1.29, 1.82) is 0 Å². The summed E-state index contributed by atoms with van der Waals surface area (Å²) >= 11 is 0. The van der Waals surface area contributed by atoms with E-state index in [9.17, 15) is 4.79 Å². The molecule has 26 heavy (non-hydrogen) atoms. The minimum absolute atomic E-state index is 0.209. The second kappa shape index (κ2) is 7.62. The van der Waals surface area contributed by atoms with E-state index in [1.54, 1.807) is 0 Å². The highest BCUT2D eigenvalue weighted by atomic mass is 16.1. The quantitative estimate of drug-likeness (QED) is 0.833. The van der Waals surface area contributed by atoms with Gasteiger partial charge in [0.25, 0.3) is 0 Å². The second-order valence-corrected chi connectivity index (χ2v) is 7.86. The van der Waals surface area contributed by atoms with Crippen molar-refractivity contribution in [3.8, 4) is 0 Å². The van der Waals surface area contributed by atoms with Gasteiger partial charge in [-0.2, -0.15) is 5.10 Å². The number of nitrogens with one attached hydrogen (secondary N) is 1. The van der Waals surface area contributed by atoms with Crippen LogP contribution in [-0.4, -0.2) is 33.7 Å². The predicted molar refractivity (Wildman–Crippen MR) is 102 cm³/mol. The second-order valence-electron chi connectivity index (χ2n) is 7.86. The molecule has 1 fully saturated rings. The molecule has 1 aromatic heterocycles. The lowest BCUT2D eigenvalue weighted by molar-refractivity contribution is -0.121. The van der Waals surface area contributed by atoms with Crippen molar-refractivity contribution < 1.29 is 4.79 Å². The number of benzene rings is 1. The molecule has 1 aliphatic heterocycles. The first-order valence-electron chi connectivity index (χ1n) is 9.74. The fourth-order valence-electron chi connectivity index (χ4n) is 3.78. The average Bonchev–Trinajstić information content (AvgIpc) is 3.30. The van der Waals surface area contributed by atoms with E-state index in [1.165, 1.54) is 29.7 Å². The van der Waals surface area contributed by atoms with Gasteiger partial charge in [-0.3, -0.25) is 14.4 Å². The van der Waals surface area contributed by atoms with Crippen molar-refractivity contribution in [2.45, 2.75) is 51.7 Å². The van der Waals surface area contributed by atoms with Gasteiger partial charge < -0.3 is 5.32 Å². The molecule has 2 aromatic rings. The molecule has 0 bridgehead atoms. The summed E-state index contributed by atoms with van der Waals surface area (Å²) in [6.07, 6.45) is 5.97. The van der Waals surface area contributed by atoms with Crippen molar-refractivity contribution in [3.63, 3.8) is 0 Å². The summed E-state index contributed by atoms with van der Waals surface area (Å²) in [5, 5.41) is 7.62. The van der Waals surface area contributed by atoms with Gasteiger partial charge in [0.05, 0.1) is 11.7 Å². The molecule has 1 N–H and O–H groups in total. The van der Waals surface area contributed by atoms with E-state index in [0.29, 0.717) is 18.4 Å². The van der Waals surface area contributed by atoms with Crippen LogP contribution in [0.2, 0.25) is 0 Å². The Morgan fingerprint density at radius 1 is 1.23 bits per heavy atom. The molecular weight excluding hydrogens is 324 g/mol. The monoisotopic (exact) mass is 352 g/mol.